The smallest absolute Gasteiger partial charge is 0.361 e. The van der Waals surface area contributed by atoms with Crippen LogP contribution in [-0.2, 0) is 17.9 Å². The van der Waals surface area contributed by atoms with Crippen molar-refractivity contribution in [2.24, 2.45) is 0 Å². The second-order valence-corrected chi connectivity index (χ2v) is 5.73. The molecule has 25 heavy (non-hydrogen) atoms. The van der Waals surface area contributed by atoms with Crippen molar-refractivity contribution < 1.29 is 9.53 Å². The van der Waals surface area contributed by atoms with Gasteiger partial charge in [-0.05, 0) is 42.0 Å². The molecule has 0 saturated carbocycles. The van der Waals surface area contributed by atoms with E-state index in [0.717, 1.165) is 6.42 Å². The van der Waals surface area contributed by atoms with Crippen LogP contribution in [0.3, 0.4) is 0 Å². The van der Waals surface area contributed by atoms with Gasteiger partial charge in [-0.1, -0.05) is 24.6 Å². The molecule has 0 bridgehead atoms. The van der Waals surface area contributed by atoms with Gasteiger partial charge in [0.25, 0.3) is 0 Å². The summed E-state index contributed by atoms with van der Waals surface area (Å²) in [5.41, 5.74) is 1.24. The average molecular weight is 362 g/mol. The molecule has 9 nitrogen and oxygen atoms in total. The zero-order valence-corrected chi connectivity index (χ0v) is 14.5. The number of hydrogen-bond donors (Lipinski definition) is 0. The van der Waals surface area contributed by atoms with Gasteiger partial charge in [-0.3, -0.25) is 0 Å². The van der Waals surface area contributed by atoms with Crippen molar-refractivity contribution in [3.8, 4) is 5.69 Å². The minimum absolute atomic E-state index is 0.0324. The van der Waals surface area contributed by atoms with E-state index in [-0.39, 0.29) is 12.3 Å². The van der Waals surface area contributed by atoms with E-state index < -0.39 is 5.97 Å². The maximum atomic E-state index is 12.3. The Bertz CT molecular complexity index is 890. The Morgan fingerprint density at radius 3 is 2.92 bits per heavy atom. The monoisotopic (exact) mass is 361 g/mol. The molecule has 2 heterocycles. The van der Waals surface area contributed by atoms with E-state index in [0.29, 0.717) is 28.8 Å². The Morgan fingerprint density at radius 1 is 1.32 bits per heavy atom. The quantitative estimate of drug-likeness (QED) is 0.619. The van der Waals surface area contributed by atoms with Crippen LogP contribution < -0.4 is 0 Å². The number of nitrogens with zero attached hydrogens (tertiary/aromatic N) is 7. The molecule has 10 heteroatoms. The topological polar surface area (TPSA) is 101 Å². The number of halogens is 1. The van der Waals surface area contributed by atoms with E-state index in [2.05, 4.69) is 25.7 Å². The molecule has 3 rings (SSSR count). The summed E-state index contributed by atoms with van der Waals surface area (Å²) in [6.45, 7) is 4.32. The Kier molecular flexibility index (Phi) is 5.03. The lowest BCUT2D eigenvalue weighted by Crippen LogP contribution is -2.12. The van der Waals surface area contributed by atoms with Crippen LogP contribution in [0.1, 0.15) is 35.4 Å². The second kappa shape index (κ2) is 7.39. The van der Waals surface area contributed by atoms with Crippen molar-refractivity contribution in [3.63, 3.8) is 0 Å². The molecule has 0 atom stereocenters. The highest BCUT2D eigenvalue weighted by atomic mass is 35.5. The fourth-order valence-corrected chi connectivity index (χ4v) is 2.38. The van der Waals surface area contributed by atoms with Crippen LogP contribution in [0.15, 0.2) is 24.3 Å². The number of carbonyl (C=O) groups excluding carboxylic acids is 1. The highest BCUT2D eigenvalue weighted by Crippen LogP contribution is 2.15. The van der Waals surface area contributed by atoms with E-state index in [9.17, 15) is 4.79 Å². The number of aromatic nitrogens is 7. The van der Waals surface area contributed by atoms with E-state index in [1.54, 1.807) is 35.9 Å². The first kappa shape index (κ1) is 17.0. The number of esters is 1. The lowest BCUT2D eigenvalue weighted by atomic mass is 10.3. The van der Waals surface area contributed by atoms with Crippen LogP contribution in [0, 0.1) is 6.92 Å². The number of carbonyl (C=O) groups is 1. The largest absolute Gasteiger partial charge is 0.453 e. The molecule has 0 fully saturated rings. The summed E-state index contributed by atoms with van der Waals surface area (Å²) in [7, 11) is 0. The number of tetrazole rings is 1. The summed E-state index contributed by atoms with van der Waals surface area (Å²) in [6, 6.07) is 7.02. The molecular weight excluding hydrogens is 346 g/mol. The van der Waals surface area contributed by atoms with Gasteiger partial charge in [0, 0.05) is 11.6 Å². The Morgan fingerprint density at radius 2 is 2.16 bits per heavy atom. The Labute approximate surface area is 148 Å². The van der Waals surface area contributed by atoms with Crippen molar-refractivity contribution in [1.29, 1.82) is 0 Å². The van der Waals surface area contributed by atoms with E-state index in [4.69, 9.17) is 16.3 Å². The van der Waals surface area contributed by atoms with Crippen LogP contribution >= 0.6 is 11.6 Å². The predicted molar refractivity (Wildman–Crippen MR) is 88.3 cm³/mol. The normalized spacial score (nSPS) is 10.8. The maximum absolute atomic E-state index is 12.3. The number of hydrogen-bond acceptors (Lipinski definition) is 7. The average Bonchev–Trinajstić information content (AvgIpc) is 3.19. The Balaban J connectivity index is 1.73. The fraction of sp³-hybridized carbons (Fsp3) is 0.333. The zero-order chi connectivity index (χ0) is 17.8. The van der Waals surface area contributed by atoms with Gasteiger partial charge < -0.3 is 4.74 Å². The van der Waals surface area contributed by atoms with Crippen LogP contribution in [0.5, 0.6) is 0 Å². The van der Waals surface area contributed by atoms with Crippen LogP contribution in [-0.4, -0.2) is 41.2 Å². The highest BCUT2D eigenvalue weighted by molar-refractivity contribution is 6.30. The van der Waals surface area contributed by atoms with Gasteiger partial charge in [0.2, 0.25) is 0 Å². The Hall–Kier alpha value is -2.81. The molecule has 0 spiro atoms. The van der Waals surface area contributed by atoms with Gasteiger partial charge >= 0.3 is 5.97 Å². The molecular formula is C15H16ClN7O2. The molecule has 0 radical (unpaired) electrons. The summed E-state index contributed by atoms with van der Waals surface area (Å²) in [4.78, 5) is 13.6. The summed E-state index contributed by atoms with van der Waals surface area (Å²) >= 11 is 5.97. The molecule has 2 aromatic heterocycles. The summed E-state index contributed by atoms with van der Waals surface area (Å²) in [5.74, 6) is -0.105. The molecule has 0 unspecified atom stereocenters. The SMILES string of the molecule is CCCn1nnnc1COC(=O)c1nn(-c2cccc(Cl)c2)nc1C. The highest BCUT2D eigenvalue weighted by Gasteiger charge is 2.19. The van der Waals surface area contributed by atoms with Crippen LogP contribution in [0.4, 0.5) is 0 Å². The molecule has 0 N–H and O–H groups in total. The molecule has 0 aliphatic heterocycles. The van der Waals surface area contributed by atoms with Crippen molar-refractivity contribution in [3.05, 3.63) is 46.5 Å². The number of benzene rings is 1. The van der Waals surface area contributed by atoms with Gasteiger partial charge in [-0.2, -0.15) is 9.90 Å². The van der Waals surface area contributed by atoms with Crippen molar-refractivity contribution in [1.82, 2.24) is 35.2 Å². The third-order valence-corrected chi connectivity index (χ3v) is 3.62. The molecule has 1 aromatic carbocycles. The maximum Gasteiger partial charge on any atom is 0.361 e. The summed E-state index contributed by atoms with van der Waals surface area (Å²) in [5, 5.41) is 20.3. The number of rotatable bonds is 6. The summed E-state index contributed by atoms with van der Waals surface area (Å²) in [6.07, 6.45) is 0.874. The van der Waals surface area contributed by atoms with Crippen molar-refractivity contribution in [2.75, 3.05) is 0 Å². The van der Waals surface area contributed by atoms with Crippen molar-refractivity contribution >= 4 is 17.6 Å². The molecule has 3 aromatic rings. The van der Waals surface area contributed by atoms with Crippen LogP contribution in [0.2, 0.25) is 5.02 Å². The lowest BCUT2D eigenvalue weighted by Gasteiger charge is -2.03. The standard InChI is InChI=1S/C15H16ClN7O2/c1-3-7-22-13(17-20-21-22)9-25-15(24)14-10(2)18-23(19-14)12-6-4-5-11(16)8-12/h4-6,8H,3,7,9H2,1-2H3. The van der Waals surface area contributed by atoms with E-state index in [1.807, 2.05) is 6.92 Å². The third kappa shape index (κ3) is 3.82. The first-order chi connectivity index (χ1) is 12.1. The third-order valence-electron chi connectivity index (χ3n) is 3.39. The molecule has 0 saturated heterocycles. The second-order valence-electron chi connectivity index (χ2n) is 5.30. The molecule has 0 aliphatic carbocycles. The van der Waals surface area contributed by atoms with Crippen molar-refractivity contribution in [2.45, 2.75) is 33.4 Å². The van der Waals surface area contributed by atoms with E-state index in [1.165, 1.54) is 4.80 Å². The summed E-state index contributed by atoms with van der Waals surface area (Å²) < 4.78 is 6.87. The minimum atomic E-state index is -0.586. The van der Waals surface area contributed by atoms with Gasteiger partial charge in [0.1, 0.15) is 0 Å². The number of aryl methyl sites for hydroxylation is 2. The molecule has 0 amide bonds. The first-order valence-corrected chi connectivity index (χ1v) is 8.08. The van der Waals surface area contributed by atoms with Gasteiger partial charge in [0.15, 0.2) is 18.1 Å². The lowest BCUT2D eigenvalue weighted by molar-refractivity contribution is 0.0448. The first-order valence-electron chi connectivity index (χ1n) is 7.70. The van der Waals surface area contributed by atoms with Gasteiger partial charge in [-0.15, -0.1) is 10.2 Å². The fourth-order valence-electron chi connectivity index (χ4n) is 2.19. The van der Waals surface area contributed by atoms with Gasteiger partial charge in [0.05, 0.1) is 11.4 Å². The number of ether oxygens (including phenoxy) is 1. The van der Waals surface area contributed by atoms with Crippen LogP contribution in [0.25, 0.3) is 5.69 Å². The van der Waals surface area contributed by atoms with Gasteiger partial charge in [-0.25, -0.2) is 9.48 Å². The minimum Gasteiger partial charge on any atom is -0.453 e. The molecule has 0 aliphatic rings. The predicted octanol–water partition coefficient (Wildman–Crippen LogP) is 1.98. The van der Waals surface area contributed by atoms with E-state index >= 15 is 0 Å². The zero-order valence-electron chi connectivity index (χ0n) is 13.8. The molecule has 130 valence electrons.